The Bertz CT molecular complexity index is 581. The summed E-state index contributed by atoms with van der Waals surface area (Å²) >= 11 is 0. The highest BCUT2D eigenvalue weighted by molar-refractivity contribution is 6.02. The smallest absolute Gasteiger partial charge is 0.408 e. The maximum atomic E-state index is 12.4. The van der Waals surface area contributed by atoms with E-state index in [0.717, 1.165) is 5.56 Å². The van der Waals surface area contributed by atoms with Crippen molar-refractivity contribution in [2.75, 3.05) is 5.32 Å². The van der Waals surface area contributed by atoms with Crippen LogP contribution in [0.25, 0.3) is 6.08 Å². The number of hydrogen-bond acceptors (Lipinski definition) is 3. The van der Waals surface area contributed by atoms with Gasteiger partial charge in [0.25, 0.3) is 0 Å². The van der Waals surface area contributed by atoms with Crippen LogP contribution in [-0.2, 0) is 9.53 Å². The minimum atomic E-state index is -0.848. The summed E-state index contributed by atoms with van der Waals surface area (Å²) in [6.07, 6.45) is 2.39. The van der Waals surface area contributed by atoms with Crippen LogP contribution in [0.2, 0.25) is 0 Å². The van der Waals surface area contributed by atoms with Gasteiger partial charge in [-0.25, -0.2) is 4.79 Å². The number of rotatable bonds is 4. The molecule has 5 heteroatoms. The minimum Gasteiger partial charge on any atom is -0.444 e. The molecule has 118 valence electrons. The van der Waals surface area contributed by atoms with Gasteiger partial charge in [-0.2, -0.15) is 0 Å². The number of ether oxygens (including phenoxy) is 1. The fraction of sp³-hybridized carbons (Fsp3) is 0.412. The first-order chi connectivity index (χ1) is 10.2. The first kappa shape index (κ1) is 16.1. The van der Waals surface area contributed by atoms with Gasteiger partial charge in [-0.1, -0.05) is 24.8 Å². The maximum Gasteiger partial charge on any atom is 0.408 e. The van der Waals surface area contributed by atoms with Crippen LogP contribution >= 0.6 is 0 Å². The third-order valence-corrected chi connectivity index (χ3v) is 3.33. The van der Waals surface area contributed by atoms with Gasteiger partial charge in [-0.05, 0) is 51.3 Å². The number of amides is 2. The second-order valence-corrected chi connectivity index (χ2v) is 6.49. The Balaban J connectivity index is 1.96. The molecule has 2 rings (SSSR count). The summed E-state index contributed by atoms with van der Waals surface area (Å²) in [6.45, 7) is 9.04. The van der Waals surface area contributed by atoms with Crippen LogP contribution in [0.3, 0.4) is 0 Å². The highest BCUT2D eigenvalue weighted by Gasteiger charge is 2.52. The van der Waals surface area contributed by atoms with E-state index in [-0.39, 0.29) is 5.91 Å². The second kappa shape index (κ2) is 5.83. The lowest BCUT2D eigenvalue weighted by molar-refractivity contribution is -0.119. The number of carbonyl (C=O) groups excluding carboxylic acids is 2. The Morgan fingerprint density at radius 2 is 1.82 bits per heavy atom. The molecule has 1 aromatic carbocycles. The molecule has 1 aliphatic rings. The third kappa shape index (κ3) is 4.10. The van der Waals surface area contributed by atoms with Crippen molar-refractivity contribution >= 4 is 23.8 Å². The normalized spacial score (nSPS) is 15.6. The predicted octanol–water partition coefficient (Wildman–Crippen LogP) is 3.33. The molecule has 5 nitrogen and oxygen atoms in total. The van der Waals surface area contributed by atoms with E-state index >= 15 is 0 Å². The van der Waals surface area contributed by atoms with Gasteiger partial charge < -0.3 is 15.4 Å². The number of carbonyl (C=O) groups is 2. The standard InChI is InChI=1S/C17H22N2O3/c1-5-12-6-8-13(9-7-12)18-14(20)17(10-11-17)19-15(21)22-16(2,3)4/h5-9H,1,10-11H2,2-4H3,(H,18,20)(H,19,21). The first-order valence-electron chi connectivity index (χ1n) is 7.29. The summed E-state index contributed by atoms with van der Waals surface area (Å²) in [7, 11) is 0. The number of benzene rings is 1. The Labute approximate surface area is 130 Å². The number of anilines is 1. The molecule has 0 heterocycles. The van der Waals surface area contributed by atoms with Crippen LogP contribution < -0.4 is 10.6 Å². The van der Waals surface area contributed by atoms with E-state index in [2.05, 4.69) is 17.2 Å². The molecular weight excluding hydrogens is 280 g/mol. The largest absolute Gasteiger partial charge is 0.444 e. The highest BCUT2D eigenvalue weighted by atomic mass is 16.6. The van der Waals surface area contributed by atoms with Crippen LogP contribution in [0.15, 0.2) is 30.8 Å². The van der Waals surface area contributed by atoms with E-state index in [1.54, 1.807) is 39.0 Å². The number of nitrogens with one attached hydrogen (secondary N) is 2. The SMILES string of the molecule is C=Cc1ccc(NC(=O)C2(NC(=O)OC(C)(C)C)CC2)cc1. The highest BCUT2D eigenvalue weighted by Crippen LogP contribution is 2.37. The molecule has 2 amide bonds. The maximum absolute atomic E-state index is 12.4. The van der Waals surface area contributed by atoms with Gasteiger partial charge in [-0.15, -0.1) is 0 Å². The van der Waals surface area contributed by atoms with Crippen molar-refractivity contribution < 1.29 is 14.3 Å². The van der Waals surface area contributed by atoms with Gasteiger partial charge in [0.1, 0.15) is 11.1 Å². The summed E-state index contributed by atoms with van der Waals surface area (Å²) in [5, 5.41) is 5.50. The van der Waals surface area contributed by atoms with E-state index in [0.29, 0.717) is 18.5 Å². The fourth-order valence-electron chi connectivity index (χ4n) is 1.99. The Hall–Kier alpha value is -2.30. The monoisotopic (exact) mass is 302 g/mol. The molecule has 1 fully saturated rings. The predicted molar refractivity (Wildman–Crippen MR) is 86.5 cm³/mol. The molecule has 1 aromatic rings. The quantitative estimate of drug-likeness (QED) is 0.896. The van der Waals surface area contributed by atoms with Crippen molar-refractivity contribution in [1.29, 1.82) is 0 Å². The zero-order chi connectivity index (χ0) is 16.4. The number of hydrogen-bond donors (Lipinski definition) is 2. The topological polar surface area (TPSA) is 67.4 Å². The van der Waals surface area contributed by atoms with Crippen molar-refractivity contribution in [3.05, 3.63) is 36.4 Å². The molecule has 22 heavy (non-hydrogen) atoms. The van der Waals surface area contributed by atoms with Crippen LogP contribution in [0.5, 0.6) is 0 Å². The lowest BCUT2D eigenvalue weighted by atomic mass is 10.2. The summed E-state index contributed by atoms with van der Waals surface area (Å²) in [6, 6.07) is 7.34. The molecule has 0 radical (unpaired) electrons. The molecule has 0 bridgehead atoms. The van der Waals surface area contributed by atoms with Crippen LogP contribution in [0, 0.1) is 0 Å². The van der Waals surface area contributed by atoms with Crippen molar-refractivity contribution in [3.63, 3.8) is 0 Å². The molecule has 0 spiro atoms. The van der Waals surface area contributed by atoms with Gasteiger partial charge in [-0.3, -0.25) is 4.79 Å². The Morgan fingerprint density at radius 1 is 1.23 bits per heavy atom. The average Bonchev–Trinajstić information content (AvgIpc) is 3.18. The fourth-order valence-corrected chi connectivity index (χ4v) is 1.99. The van der Waals surface area contributed by atoms with E-state index in [9.17, 15) is 9.59 Å². The molecule has 0 aromatic heterocycles. The average molecular weight is 302 g/mol. The Morgan fingerprint density at radius 3 is 2.27 bits per heavy atom. The summed E-state index contributed by atoms with van der Waals surface area (Å²) in [5.41, 5.74) is 0.232. The van der Waals surface area contributed by atoms with Gasteiger partial charge >= 0.3 is 6.09 Å². The van der Waals surface area contributed by atoms with Crippen molar-refractivity contribution in [2.45, 2.75) is 44.8 Å². The zero-order valence-corrected chi connectivity index (χ0v) is 13.2. The second-order valence-electron chi connectivity index (χ2n) is 6.49. The van der Waals surface area contributed by atoms with Gasteiger partial charge in [0, 0.05) is 5.69 Å². The summed E-state index contributed by atoms with van der Waals surface area (Å²) in [5.74, 6) is -0.218. The van der Waals surface area contributed by atoms with Gasteiger partial charge in [0.2, 0.25) is 5.91 Å². The van der Waals surface area contributed by atoms with Crippen LogP contribution in [0.1, 0.15) is 39.2 Å². The van der Waals surface area contributed by atoms with Crippen molar-refractivity contribution in [2.24, 2.45) is 0 Å². The molecule has 0 saturated heterocycles. The zero-order valence-electron chi connectivity index (χ0n) is 13.2. The van der Waals surface area contributed by atoms with Gasteiger partial charge in [0.15, 0.2) is 0 Å². The molecule has 0 atom stereocenters. The molecule has 1 aliphatic carbocycles. The van der Waals surface area contributed by atoms with E-state index < -0.39 is 17.2 Å². The van der Waals surface area contributed by atoms with E-state index in [1.165, 1.54) is 0 Å². The lowest BCUT2D eigenvalue weighted by Crippen LogP contribution is -2.47. The van der Waals surface area contributed by atoms with E-state index in [1.807, 2.05) is 12.1 Å². The molecule has 0 unspecified atom stereocenters. The van der Waals surface area contributed by atoms with Crippen LogP contribution in [0.4, 0.5) is 10.5 Å². The third-order valence-electron chi connectivity index (χ3n) is 3.33. The summed E-state index contributed by atoms with van der Waals surface area (Å²) < 4.78 is 5.20. The van der Waals surface area contributed by atoms with Crippen LogP contribution in [-0.4, -0.2) is 23.1 Å². The molecule has 2 N–H and O–H groups in total. The minimum absolute atomic E-state index is 0.218. The number of alkyl carbamates (subject to hydrolysis) is 1. The van der Waals surface area contributed by atoms with Gasteiger partial charge in [0.05, 0.1) is 0 Å². The van der Waals surface area contributed by atoms with Crippen molar-refractivity contribution in [3.8, 4) is 0 Å². The molecule has 0 aliphatic heterocycles. The first-order valence-corrected chi connectivity index (χ1v) is 7.29. The molecule has 1 saturated carbocycles. The van der Waals surface area contributed by atoms with Crippen molar-refractivity contribution in [1.82, 2.24) is 5.32 Å². The molecular formula is C17H22N2O3. The van der Waals surface area contributed by atoms with E-state index in [4.69, 9.17) is 4.74 Å². The lowest BCUT2D eigenvalue weighted by Gasteiger charge is -2.23. The Kier molecular flexibility index (Phi) is 4.26. The summed E-state index contributed by atoms with van der Waals surface area (Å²) in [4.78, 5) is 24.2.